The molecule has 1 amide bonds. The van der Waals surface area contributed by atoms with Crippen molar-refractivity contribution in [3.05, 3.63) is 111 Å². The Kier molecular flexibility index (Phi) is 7.92. The summed E-state index contributed by atoms with van der Waals surface area (Å²) in [6.45, 7) is 5.93. The van der Waals surface area contributed by atoms with Gasteiger partial charge in [-0.3, -0.25) is 4.79 Å². The lowest BCUT2D eigenvalue weighted by molar-refractivity contribution is -0.127. The predicted molar refractivity (Wildman–Crippen MR) is 139 cm³/mol. The van der Waals surface area contributed by atoms with Crippen LogP contribution < -0.4 is 0 Å². The van der Waals surface area contributed by atoms with Crippen molar-refractivity contribution in [2.45, 2.75) is 20.0 Å². The Labute approximate surface area is 205 Å². The second kappa shape index (κ2) is 11.1. The van der Waals surface area contributed by atoms with Crippen molar-refractivity contribution in [2.24, 2.45) is 0 Å². The zero-order chi connectivity index (χ0) is 23.2. The normalized spacial score (nSPS) is 15.5. The molecule has 1 aliphatic heterocycles. The van der Waals surface area contributed by atoms with E-state index in [0.717, 1.165) is 33.9 Å². The summed E-state index contributed by atoms with van der Waals surface area (Å²) in [5, 5.41) is 0.690. The van der Waals surface area contributed by atoms with E-state index in [1.165, 1.54) is 11.1 Å². The molecule has 33 heavy (non-hydrogen) atoms. The molecule has 3 nitrogen and oxygen atoms in total. The minimum atomic E-state index is -0.162. The molecule has 0 unspecified atom stereocenters. The number of hydrogen-bond donors (Lipinski definition) is 0. The number of thioether (sulfide) groups is 1. The second-order valence-corrected chi connectivity index (χ2v) is 9.85. The standard InChI is InChI=1S/C28H28ClNO2S/c1-20-3-9-23(10-4-20)27(24-11-5-21(2)6-12-24)32-17-15-30-16-18-33-26(28(30)31)19-22-7-13-25(29)14-8-22/h3-14,19,27H,15-18H2,1-2H3. The number of halogens is 1. The molecular weight excluding hydrogens is 450 g/mol. The van der Waals surface area contributed by atoms with Gasteiger partial charge < -0.3 is 9.64 Å². The lowest BCUT2D eigenvalue weighted by Gasteiger charge is -2.29. The van der Waals surface area contributed by atoms with Crippen LogP contribution in [0, 0.1) is 13.8 Å². The first-order valence-electron chi connectivity index (χ1n) is 11.1. The van der Waals surface area contributed by atoms with E-state index in [1.54, 1.807) is 11.8 Å². The van der Waals surface area contributed by atoms with Gasteiger partial charge in [-0.05, 0) is 48.7 Å². The molecule has 0 bridgehead atoms. The van der Waals surface area contributed by atoms with Crippen molar-refractivity contribution < 1.29 is 9.53 Å². The number of benzene rings is 3. The highest BCUT2D eigenvalue weighted by atomic mass is 35.5. The molecule has 5 heteroatoms. The molecule has 1 aliphatic rings. The Morgan fingerprint density at radius 3 is 2.09 bits per heavy atom. The first-order valence-corrected chi connectivity index (χ1v) is 12.5. The number of carbonyl (C=O) groups excluding carboxylic acids is 1. The Hall–Kier alpha value is -2.53. The van der Waals surface area contributed by atoms with Crippen LogP contribution in [0.5, 0.6) is 0 Å². The molecule has 0 N–H and O–H groups in total. The van der Waals surface area contributed by atoms with Gasteiger partial charge in [-0.25, -0.2) is 0 Å². The number of aryl methyl sites for hydroxylation is 2. The first-order chi connectivity index (χ1) is 16.0. The largest absolute Gasteiger partial charge is 0.367 e. The molecule has 3 aromatic carbocycles. The lowest BCUT2D eigenvalue weighted by Crippen LogP contribution is -2.39. The molecule has 3 aromatic rings. The van der Waals surface area contributed by atoms with Gasteiger partial charge >= 0.3 is 0 Å². The summed E-state index contributed by atoms with van der Waals surface area (Å²) >= 11 is 7.58. The summed E-state index contributed by atoms with van der Waals surface area (Å²) in [7, 11) is 0. The highest BCUT2D eigenvalue weighted by molar-refractivity contribution is 8.04. The number of nitrogens with zero attached hydrogens (tertiary/aromatic N) is 1. The van der Waals surface area contributed by atoms with Crippen LogP contribution in [0.25, 0.3) is 6.08 Å². The Bertz CT molecular complexity index is 1060. The minimum absolute atomic E-state index is 0.0621. The van der Waals surface area contributed by atoms with Gasteiger partial charge in [0.25, 0.3) is 5.91 Å². The second-order valence-electron chi connectivity index (χ2n) is 8.27. The SMILES string of the molecule is Cc1ccc(C(OCCN2CCSC(=Cc3ccc(Cl)cc3)C2=O)c2ccc(C)cc2)cc1. The van der Waals surface area contributed by atoms with Crippen LogP contribution >= 0.6 is 23.4 Å². The molecule has 1 fully saturated rings. The summed E-state index contributed by atoms with van der Waals surface area (Å²) < 4.78 is 6.38. The highest BCUT2D eigenvalue weighted by Gasteiger charge is 2.24. The van der Waals surface area contributed by atoms with E-state index in [4.69, 9.17) is 16.3 Å². The fraction of sp³-hybridized carbons (Fsp3) is 0.250. The van der Waals surface area contributed by atoms with Crippen LogP contribution in [0.3, 0.4) is 0 Å². The number of hydrogen-bond acceptors (Lipinski definition) is 3. The van der Waals surface area contributed by atoms with Crippen LogP contribution in [0.4, 0.5) is 0 Å². The monoisotopic (exact) mass is 477 g/mol. The van der Waals surface area contributed by atoms with Gasteiger partial charge in [-0.15, -0.1) is 11.8 Å². The Balaban J connectivity index is 1.43. The molecule has 0 aromatic heterocycles. The number of rotatable bonds is 7. The maximum absolute atomic E-state index is 13.0. The van der Waals surface area contributed by atoms with Crippen LogP contribution in [0.1, 0.15) is 33.9 Å². The number of carbonyl (C=O) groups is 1. The molecule has 0 aliphatic carbocycles. The van der Waals surface area contributed by atoms with E-state index in [2.05, 4.69) is 62.4 Å². The number of amides is 1. The zero-order valence-electron chi connectivity index (χ0n) is 19.0. The van der Waals surface area contributed by atoms with E-state index in [9.17, 15) is 4.79 Å². The van der Waals surface area contributed by atoms with Crippen LogP contribution in [0.15, 0.2) is 77.7 Å². The molecule has 0 saturated carbocycles. The van der Waals surface area contributed by atoms with Crippen molar-refractivity contribution in [2.75, 3.05) is 25.4 Å². The molecule has 1 heterocycles. The van der Waals surface area contributed by atoms with Crippen molar-refractivity contribution in [3.63, 3.8) is 0 Å². The molecular formula is C28H28ClNO2S. The first kappa shape index (κ1) is 23.6. The summed E-state index contributed by atoms with van der Waals surface area (Å²) in [4.78, 5) is 15.7. The van der Waals surface area contributed by atoms with Crippen molar-refractivity contribution >= 4 is 35.3 Å². The fourth-order valence-corrected chi connectivity index (χ4v) is 4.89. The third kappa shape index (κ3) is 6.29. The van der Waals surface area contributed by atoms with Gasteiger partial charge in [0.1, 0.15) is 6.10 Å². The average Bonchev–Trinajstić information content (AvgIpc) is 2.82. The topological polar surface area (TPSA) is 29.5 Å². The van der Waals surface area contributed by atoms with Gasteiger partial charge in [-0.1, -0.05) is 83.4 Å². The van der Waals surface area contributed by atoms with Crippen molar-refractivity contribution in [3.8, 4) is 0 Å². The van der Waals surface area contributed by atoms with Gasteiger partial charge in [0.15, 0.2) is 0 Å². The third-order valence-electron chi connectivity index (χ3n) is 5.69. The van der Waals surface area contributed by atoms with Crippen molar-refractivity contribution in [1.29, 1.82) is 0 Å². The third-order valence-corrected chi connectivity index (χ3v) is 6.93. The molecule has 4 rings (SSSR count). The quantitative estimate of drug-likeness (QED) is 0.355. The lowest BCUT2D eigenvalue weighted by atomic mass is 9.99. The summed E-state index contributed by atoms with van der Waals surface area (Å²) in [6, 6.07) is 24.5. The minimum Gasteiger partial charge on any atom is -0.367 e. The highest BCUT2D eigenvalue weighted by Crippen LogP contribution is 2.29. The molecule has 0 spiro atoms. The van der Waals surface area contributed by atoms with Gasteiger partial charge in [-0.2, -0.15) is 0 Å². The maximum Gasteiger partial charge on any atom is 0.260 e. The molecule has 0 radical (unpaired) electrons. The summed E-state index contributed by atoms with van der Waals surface area (Å²) in [6.07, 6.45) is 1.78. The summed E-state index contributed by atoms with van der Waals surface area (Å²) in [5.74, 6) is 0.942. The van der Waals surface area contributed by atoms with E-state index in [1.807, 2.05) is 35.2 Å². The van der Waals surface area contributed by atoms with Crippen LogP contribution in [-0.2, 0) is 9.53 Å². The zero-order valence-corrected chi connectivity index (χ0v) is 20.5. The average molecular weight is 478 g/mol. The van der Waals surface area contributed by atoms with E-state index in [0.29, 0.717) is 18.2 Å². The van der Waals surface area contributed by atoms with Gasteiger partial charge in [0, 0.05) is 23.9 Å². The van der Waals surface area contributed by atoms with Crippen LogP contribution in [0.2, 0.25) is 5.02 Å². The molecule has 1 saturated heterocycles. The van der Waals surface area contributed by atoms with Gasteiger partial charge in [0.05, 0.1) is 11.5 Å². The molecule has 170 valence electrons. The number of ether oxygens (including phenoxy) is 1. The maximum atomic E-state index is 13.0. The van der Waals surface area contributed by atoms with E-state index in [-0.39, 0.29) is 12.0 Å². The van der Waals surface area contributed by atoms with Gasteiger partial charge in [0.2, 0.25) is 0 Å². The molecule has 0 atom stereocenters. The smallest absolute Gasteiger partial charge is 0.260 e. The Morgan fingerprint density at radius 1 is 0.939 bits per heavy atom. The van der Waals surface area contributed by atoms with Crippen molar-refractivity contribution in [1.82, 2.24) is 4.90 Å². The predicted octanol–water partition coefficient (Wildman–Crippen LogP) is 6.68. The Morgan fingerprint density at radius 2 is 1.52 bits per heavy atom. The van der Waals surface area contributed by atoms with E-state index < -0.39 is 0 Å². The van der Waals surface area contributed by atoms with Crippen LogP contribution in [-0.4, -0.2) is 36.3 Å². The summed E-state index contributed by atoms with van der Waals surface area (Å²) in [5.41, 5.74) is 5.66. The van der Waals surface area contributed by atoms with E-state index >= 15 is 0 Å². The fourth-order valence-electron chi connectivity index (χ4n) is 3.76.